The summed E-state index contributed by atoms with van der Waals surface area (Å²) in [5, 5.41) is 6.04. The van der Waals surface area contributed by atoms with Gasteiger partial charge in [-0.1, -0.05) is 0 Å². The Hall–Kier alpha value is -2.35. The molecule has 1 atom stereocenters. The van der Waals surface area contributed by atoms with Crippen LogP contribution in [0.3, 0.4) is 0 Å². The van der Waals surface area contributed by atoms with Gasteiger partial charge in [0.05, 0.1) is 34.8 Å². The molecule has 7 nitrogen and oxygen atoms in total. The molecule has 2 N–H and O–H groups in total. The van der Waals surface area contributed by atoms with Crippen LogP contribution in [0.15, 0.2) is 11.4 Å². The van der Waals surface area contributed by atoms with E-state index in [9.17, 15) is 9.59 Å². The highest BCUT2D eigenvalue weighted by atomic mass is 32.1. The molecule has 1 saturated heterocycles. The van der Waals surface area contributed by atoms with Gasteiger partial charge in [0.25, 0.3) is 5.91 Å². The van der Waals surface area contributed by atoms with Crippen molar-refractivity contribution in [2.24, 2.45) is 12.8 Å². The van der Waals surface area contributed by atoms with Crippen molar-refractivity contribution in [3.8, 4) is 5.88 Å². The van der Waals surface area contributed by atoms with Crippen LogP contribution in [0.4, 0.5) is 0 Å². The number of likely N-dealkylation sites (tertiary alicyclic amines) is 1. The van der Waals surface area contributed by atoms with Crippen molar-refractivity contribution >= 4 is 23.2 Å². The molecule has 0 saturated carbocycles. The van der Waals surface area contributed by atoms with Gasteiger partial charge in [-0.15, -0.1) is 11.3 Å². The van der Waals surface area contributed by atoms with Crippen LogP contribution in [-0.4, -0.2) is 40.1 Å². The summed E-state index contributed by atoms with van der Waals surface area (Å²) in [6, 6.07) is 1.50. The predicted molar refractivity (Wildman–Crippen MR) is 90.3 cm³/mol. The zero-order valence-corrected chi connectivity index (χ0v) is 14.7. The number of rotatable bonds is 4. The lowest BCUT2D eigenvalue weighted by Crippen LogP contribution is -2.30. The summed E-state index contributed by atoms with van der Waals surface area (Å²) >= 11 is 1.25. The topological polar surface area (TPSA) is 90.4 Å². The average molecular weight is 348 g/mol. The Morgan fingerprint density at radius 2 is 2.21 bits per heavy atom. The fourth-order valence-corrected chi connectivity index (χ4v) is 4.16. The first-order valence-corrected chi connectivity index (χ1v) is 8.58. The third-order valence-electron chi connectivity index (χ3n) is 4.35. The Labute approximate surface area is 144 Å². The molecule has 3 rings (SSSR count). The molecule has 3 heterocycles. The lowest BCUT2D eigenvalue weighted by Gasteiger charge is -2.24. The van der Waals surface area contributed by atoms with E-state index in [1.807, 2.05) is 18.9 Å². The summed E-state index contributed by atoms with van der Waals surface area (Å²) in [5.41, 5.74) is 7.46. The van der Waals surface area contributed by atoms with Crippen molar-refractivity contribution in [3.63, 3.8) is 0 Å². The normalized spacial score (nSPS) is 17.3. The summed E-state index contributed by atoms with van der Waals surface area (Å²) < 4.78 is 7.18. The summed E-state index contributed by atoms with van der Waals surface area (Å²) in [6.07, 6.45) is 1.78. The lowest BCUT2D eigenvalue weighted by molar-refractivity contribution is 0.0738. The van der Waals surface area contributed by atoms with E-state index in [0.717, 1.165) is 24.1 Å². The molecular formula is C16H20N4O3S. The van der Waals surface area contributed by atoms with Gasteiger partial charge in [-0.05, 0) is 25.8 Å². The zero-order chi connectivity index (χ0) is 17.4. The van der Waals surface area contributed by atoms with Crippen molar-refractivity contribution in [2.75, 3.05) is 13.7 Å². The van der Waals surface area contributed by atoms with Crippen LogP contribution in [0.25, 0.3) is 0 Å². The molecule has 1 fully saturated rings. The second-order valence-corrected chi connectivity index (χ2v) is 6.76. The van der Waals surface area contributed by atoms with Crippen LogP contribution < -0.4 is 10.5 Å². The minimum Gasteiger partial charge on any atom is -0.481 e. The number of thiophene rings is 1. The molecule has 0 unspecified atom stereocenters. The molecule has 1 aliphatic heterocycles. The van der Waals surface area contributed by atoms with Gasteiger partial charge < -0.3 is 15.4 Å². The first kappa shape index (κ1) is 16.5. The average Bonchev–Trinajstić information content (AvgIpc) is 3.24. The number of methoxy groups -OCH3 is 1. The molecule has 0 spiro atoms. The fourth-order valence-electron chi connectivity index (χ4n) is 3.31. The maximum absolute atomic E-state index is 12.9. The van der Waals surface area contributed by atoms with Gasteiger partial charge in [0.15, 0.2) is 0 Å². The molecule has 0 radical (unpaired) electrons. The standard InChI is InChI=1S/C16H20N4O3S/c1-9-13(16(23-3)19(2)18-9)11-5-4-6-20(11)15(22)12-7-10(8-24-12)14(17)21/h7-8,11H,4-6H2,1-3H3,(H2,17,21)/t11-/m0/s1. The molecule has 128 valence electrons. The predicted octanol–water partition coefficient (Wildman–Crippen LogP) is 1.87. The van der Waals surface area contributed by atoms with Crippen LogP contribution in [0.1, 0.15) is 50.2 Å². The van der Waals surface area contributed by atoms with Crippen molar-refractivity contribution in [1.29, 1.82) is 0 Å². The Morgan fingerprint density at radius 1 is 1.46 bits per heavy atom. The number of aromatic nitrogens is 2. The third kappa shape index (κ3) is 2.66. The van der Waals surface area contributed by atoms with Crippen molar-refractivity contribution in [3.05, 3.63) is 33.1 Å². The van der Waals surface area contributed by atoms with Gasteiger partial charge in [0.2, 0.25) is 11.8 Å². The van der Waals surface area contributed by atoms with Gasteiger partial charge >= 0.3 is 0 Å². The minimum atomic E-state index is -0.520. The molecule has 2 aromatic heterocycles. The largest absolute Gasteiger partial charge is 0.481 e. The number of carbonyl (C=O) groups is 2. The van der Waals surface area contributed by atoms with Crippen LogP contribution in [0, 0.1) is 6.92 Å². The summed E-state index contributed by atoms with van der Waals surface area (Å²) in [5.74, 6) is 0.0783. The van der Waals surface area contributed by atoms with Crippen molar-refractivity contribution in [1.82, 2.24) is 14.7 Å². The highest BCUT2D eigenvalue weighted by Gasteiger charge is 2.35. The molecule has 1 aliphatic rings. The second-order valence-electron chi connectivity index (χ2n) is 5.85. The lowest BCUT2D eigenvalue weighted by atomic mass is 10.0. The Bertz CT molecular complexity index is 795. The first-order valence-electron chi connectivity index (χ1n) is 7.70. The Balaban J connectivity index is 1.93. The van der Waals surface area contributed by atoms with Gasteiger partial charge in [-0.25, -0.2) is 4.68 Å². The quantitative estimate of drug-likeness (QED) is 0.913. The Kier molecular flexibility index (Phi) is 4.31. The van der Waals surface area contributed by atoms with E-state index in [2.05, 4.69) is 5.10 Å². The monoisotopic (exact) mass is 348 g/mol. The van der Waals surface area contributed by atoms with Crippen LogP contribution >= 0.6 is 11.3 Å². The number of nitrogens with two attached hydrogens (primary N) is 1. The summed E-state index contributed by atoms with van der Waals surface area (Å²) in [6.45, 7) is 2.60. The van der Waals surface area contributed by atoms with E-state index in [1.165, 1.54) is 11.3 Å². The van der Waals surface area contributed by atoms with Gasteiger partial charge in [-0.3, -0.25) is 9.59 Å². The maximum atomic E-state index is 12.9. The highest BCUT2D eigenvalue weighted by molar-refractivity contribution is 7.12. The number of hydrogen-bond acceptors (Lipinski definition) is 5. The van der Waals surface area contributed by atoms with E-state index < -0.39 is 5.91 Å². The number of ether oxygens (including phenoxy) is 1. The van der Waals surface area contributed by atoms with Crippen LogP contribution in [0.2, 0.25) is 0 Å². The Morgan fingerprint density at radius 3 is 2.83 bits per heavy atom. The molecule has 2 amide bonds. The molecular weight excluding hydrogens is 328 g/mol. The van der Waals surface area contributed by atoms with E-state index in [4.69, 9.17) is 10.5 Å². The molecule has 0 bridgehead atoms. The third-order valence-corrected chi connectivity index (χ3v) is 5.27. The number of hydrogen-bond donors (Lipinski definition) is 1. The van der Waals surface area contributed by atoms with E-state index in [1.54, 1.807) is 23.2 Å². The first-order chi connectivity index (χ1) is 11.4. The second kappa shape index (κ2) is 6.27. The van der Waals surface area contributed by atoms with Crippen molar-refractivity contribution in [2.45, 2.75) is 25.8 Å². The molecule has 0 aromatic carbocycles. The zero-order valence-electron chi connectivity index (χ0n) is 13.9. The number of amides is 2. The van der Waals surface area contributed by atoms with Gasteiger partial charge in [0, 0.05) is 19.0 Å². The van der Waals surface area contributed by atoms with Gasteiger partial charge in [0.1, 0.15) is 0 Å². The number of primary amides is 1. The highest BCUT2D eigenvalue weighted by Crippen LogP contribution is 2.39. The van der Waals surface area contributed by atoms with E-state index >= 15 is 0 Å². The smallest absolute Gasteiger partial charge is 0.264 e. The van der Waals surface area contributed by atoms with Crippen LogP contribution in [-0.2, 0) is 7.05 Å². The SMILES string of the molecule is COc1c([C@@H]2CCCN2C(=O)c2cc(C(N)=O)cs2)c(C)nn1C. The fraction of sp³-hybridized carbons (Fsp3) is 0.438. The molecule has 0 aliphatic carbocycles. The van der Waals surface area contributed by atoms with Gasteiger partial charge in [-0.2, -0.15) is 5.10 Å². The summed E-state index contributed by atoms with van der Waals surface area (Å²) in [4.78, 5) is 26.5. The van der Waals surface area contributed by atoms with E-state index in [0.29, 0.717) is 22.9 Å². The molecule has 24 heavy (non-hydrogen) atoms. The number of carbonyl (C=O) groups excluding carboxylic acids is 2. The molecule has 8 heteroatoms. The maximum Gasteiger partial charge on any atom is 0.264 e. The number of nitrogens with zero attached hydrogens (tertiary/aromatic N) is 3. The van der Waals surface area contributed by atoms with Crippen LogP contribution in [0.5, 0.6) is 5.88 Å². The van der Waals surface area contributed by atoms with E-state index in [-0.39, 0.29) is 11.9 Å². The molecule has 2 aromatic rings. The number of aryl methyl sites for hydroxylation is 2. The minimum absolute atomic E-state index is 0.0692. The summed E-state index contributed by atoms with van der Waals surface area (Å²) in [7, 11) is 3.44. The van der Waals surface area contributed by atoms with Crippen molar-refractivity contribution < 1.29 is 14.3 Å².